The van der Waals surface area contributed by atoms with Gasteiger partial charge in [0, 0.05) is 9.92 Å². The zero-order chi connectivity index (χ0) is 13.7. The average molecular weight is 293 g/mol. The first-order chi connectivity index (χ1) is 9.13. The summed E-state index contributed by atoms with van der Waals surface area (Å²) in [5.74, 6) is -0.248. The predicted octanol–water partition coefficient (Wildman–Crippen LogP) is 3.91. The second-order valence-electron chi connectivity index (χ2n) is 4.13. The maximum atomic E-state index is 11.7. The number of rotatable bonds is 4. The summed E-state index contributed by atoms with van der Waals surface area (Å²) in [7, 11) is 0. The van der Waals surface area contributed by atoms with Crippen molar-refractivity contribution in [1.82, 2.24) is 0 Å². The minimum absolute atomic E-state index is 0.248. The summed E-state index contributed by atoms with van der Waals surface area (Å²) in [6.45, 7) is 0.265. The lowest BCUT2D eigenvalue weighted by atomic mass is 10.1. The van der Waals surface area contributed by atoms with Crippen molar-refractivity contribution in [3.8, 4) is 0 Å². The van der Waals surface area contributed by atoms with Gasteiger partial charge in [-0.3, -0.25) is 4.79 Å². The third kappa shape index (κ3) is 4.62. The minimum Gasteiger partial charge on any atom is -0.461 e. The second-order valence-corrected chi connectivity index (χ2v) is 5.08. The van der Waals surface area contributed by atoms with Gasteiger partial charge in [-0.15, -0.1) is 12.6 Å². The van der Waals surface area contributed by atoms with E-state index in [1.54, 1.807) is 12.1 Å². The Labute approximate surface area is 122 Å². The highest BCUT2D eigenvalue weighted by atomic mass is 35.5. The molecule has 0 heterocycles. The molecule has 19 heavy (non-hydrogen) atoms. The molecule has 0 aliphatic rings. The van der Waals surface area contributed by atoms with Gasteiger partial charge >= 0.3 is 5.97 Å². The van der Waals surface area contributed by atoms with E-state index in [4.69, 9.17) is 16.3 Å². The minimum atomic E-state index is -0.248. The van der Waals surface area contributed by atoms with Crippen molar-refractivity contribution < 1.29 is 9.53 Å². The molecule has 0 fully saturated rings. The van der Waals surface area contributed by atoms with E-state index in [-0.39, 0.29) is 19.0 Å². The largest absolute Gasteiger partial charge is 0.461 e. The number of halogens is 1. The van der Waals surface area contributed by atoms with E-state index in [1.165, 1.54) is 0 Å². The van der Waals surface area contributed by atoms with Crippen molar-refractivity contribution in [1.29, 1.82) is 0 Å². The zero-order valence-electron chi connectivity index (χ0n) is 10.2. The van der Waals surface area contributed by atoms with Crippen molar-refractivity contribution in [2.75, 3.05) is 0 Å². The van der Waals surface area contributed by atoms with E-state index in [0.29, 0.717) is 5.02 Å². The summed E-state index contributed by atoms with van der Waals surface area (Å²) >= 11 is 9.97. The molecule has 0 saturated heterocycles. The van der Waals surface area contributed by atoms with Crippen LogP contribution in [0.25, 0.3) is 0 Å². The molecule has 0 aliphatic carbocycles. The summed E-state index contributed by atoms with van der Waals surface area (Å²) in [4.78, 5) is 12.5. The molecule has 98 valence electrons. The molecule has 0 radical (unpaired) electrons. The van der Waals surface area contributed by atoms with Gasteiger partial charge in [0.15, 0.2) is 0 Å². The zero-order valence-corrected chi connectivity index (χ0v) is 11.8. The van der Waals surface area contributed by atoms with E-state index in [2.05, 4.69) is 12.6 Å². The van der Waals surface area contributed by atoms with Crippen LogP contribution in [0.3, 0.4) is 0 Å². The number of hydrogen-bond acceptors (Lipinski definition) is 3. The molecule has 0 aliphatic heterocycles. The predicted molar refractivity (Wildman–Crippen MR) is 78.6 cm³/mol. The first kappa shape index (κ1) is 14.0. The van der Waals surface area contributed by atoms with Gasteiger partial charge in [0.25, 0.3) is 0 Å². The Morgan fingerprint density at radius 2 is 1.58 bits per heavy atom. The molecule has 2 rings (SSSR count). The quantitative estimate of drug-likeness (QED) is 0.683. The van der Waals surface area contributed by atoms with Crippen molar-refractivity contribution in [3.05, 3.63) is 64.7 Å². The molecule has 0 unspecified atom stereocenters. The standard InChI is InChI=1S/C15H13ClO2S/c16-13-5-1-12(2-6-13)10-18-15(17)9-11-3-7-14(19)8-4-11/h1-8,19H,9-10H2. The number of benzene rings is 2. The summed E-state index contributed by atoms with van der Waals surface area (Å²) < 4.78 is 5.20. The summed E-state index contributed by atoms with van der Waals surface area (Å²) in [5.41, 5.74) is 1.84. The molecular formula is C15H13ClO2S. The highest BCUT2D eigenvalue weighted by Gasteiger charge is 2.05. The molecule has 0 aromatic heterocycles. The number of thiol groups is 1. The summed E-state index contributed by atoms with van der Waals surface area (Å²) in [6.07, 6.45) is 0.266. The Kier molecular flexibility index (Phi) is 4.88. The Balaban J connectivity index is 1.84. The fraction of sp³-hybridized carbons (Fsp3) is 0.133. The van der Waals surface area contributed by atoms with E-state index < -0.39 is 0 Å². The molecule has 0 atom stereocenters. The first-order valence-electron chi connectivity index (χ1n) is 5.81. The van der Waals surface area contributed by atoms with Crippen LogP contribution in [0, 0.1) is 0 Å². The van der Waals surface area contributed by atoms with Crippen molar-refractivity contribution in [2.24, 2.45) is 0 Å². The van der Waals surface area contributed by atoms with Crippen LogP contribution >= 0.6 is 24.2 Å². The maximum Gasteiger partial charge on any atom is 0.310 e. The van der Waals surface area contributed by atoms with Gasteiger partial charge in [0.05, 0.1) is 6.42 Å². The molecule has 2 nitrogen and oxygen atoms in total. The fourth-order valence-electron chi connectivity index (χ4n) is 1.58. The molecule has 4 heteroatoms. The van der Waals surface area contributed by atoms with Crippen LogP contribution in [0.5, 0.6) is 0 Å². The molecule has 2 aromatic carbocycles. The number of esters is 1. The van der Waals surface area contributed by atoms with Crippen LogP contribution in [-0.4, -0.2) is 5.97 Å². The van der Waals surface area contributed by atoms with Gasteiger partial charge in [-0.1, -0.05) is 35.9 Å². The number of ether oxygens (including phenoxy) is 1. The van der Waals surface area contributed by atoms with E-state index >= 15 is 0 Å². The lowest BCUT2D eigenvalue weighted by molar-refractivity contribution is -0.144. The maximum absolute atomic E-state index is 11.7. The van der Waals surface area contributed by atoms with E-state index in [0.717, 1.165) is 16.0 Å². The SMILES string of the molecule is O=C(Cc1ccc(S)cc1)OCc1ccc(Cl)cc1. The lowest BCUT2D eigenvalue weighted by Crippen LogP contribution is -2.07. The van der Waals surface area contributed by atoms with Gasteiger partial charge in [-0.25, -0.2) is 0 Å². The van der Waals surface area contributed by atoms with Gasteiger partial charge in [-0.05, 0) is 35.4 Å². The summed E-state index contributed by atoms with van der Waals surface area (Å²) in [5, 5.41) is 0.668. The molecule has 0 spiro atoms. The molecule has 0 N–H and O–H groups in total. The Morgan fingerprint density at radius 1 is 1.00 bits per heavy atom. The number of carbonyl (C=O) groups is 1. The Morgan fingerprint density at radius 3 is 2.21 bits per heavy atom. The van der Waals surface area contributed by atoms with E-state index in [9.17, 15) is 4.79 Å². The third-order valence-corrected chi connectivity index (χ3v) is 3.15. The van der Waals surface area contributed by atoms with Crippen molar-refractivity contribution >= 4 is 30.2 Å². The third-order valence-electron chi connectivity index (χ3n) is 2.60. The van der Waals surface area contributed by atoms with Crippen LogP contribution < -0.4 is 0 Å². The summed E-state index contributed by atoms with van der Waals surface area (Å²) in [6, 6.07) is 14.7. The van der Waals surface area contributed by atoms with Crippen molar-refractivity contribution in [2.45, 2.75) is 17.9 Å². The highest BCUT2D eigenvalue weighted by molar-refractivity contribution is 7.80. The van der Waals surface area contributed by atoms with Crippen LogP contribution in [0.1, 0.15) is 11.1 Å². The van der Waals surface area contributed by atoms with Crippen LogP contribution in [0.15, 0.2) is 53.4 Å². The lowest BCUT2D eigenvalue weighted by Gasteiger charge is -2.05. The molecule has 2 aromatic rings. The number of hydrogen-bond donors (Lipinski definition) is 1. The van der Waals surface area contributed by atoms with E-state index in [1.807, 2.05) is 36.4 Å². The van der Waals surface area contributed by atoms with Gasteiger partial charge < -0.3 is 4.74 Å². The van der Waals surface area contributed by atoms with Gasteiger partial charge in [-0.2, -0.15) is 0 Å². The molecular weight excluding hydrogens is 280 g/mol. The molecule has 0 amide bonds. The first-order valence-corrected chi connectivity index (χ1v) is 6.64. The van der Waals surface area contributed by atoms with Crippen molar-refractivity contribution in [3.63, 3.8) is 0 Å². The monoisotopic (exact) mass is 292 g/mol. The van der Waals surface area contributed by atoms with Crippen LogP contribution in [-0.2, 0) is 22.6 Å². The smallest absolute Gasteiger partial charge is 0.310 e. The normalized spacial score (nSPS) is 10.2. The average Bonchev–Trinajstić information content (AvgIpc) is 2.41. The van der Waals surface area contributed by atoms with Crippen LogP contribution in [0.2, 0.25) is 5.02 Å². The molecule has 0 bridgehead atoms. The topological polar surface area (TPSA) is 26.3 Å². The van der Waals surface area contributed by atoms with Gasteiger partial charge in [0.1, 0.15) is 6.61 Å². The fourth-order valence-corrected chi connectivity index (χ4v) is 1.85. The second kappa shape index (κ2) is 6.64. The Hall–Kier alpha value is -1.45. The Bertz CT molecular complexity index is 549. The number of carbonyl (C=O) groups excluding carboxylic acids is 1. The molecule has 0 saturated carbocycles. The van der Waals surface area contributed by atoms with Gasteiger partial charge in [0.2, 0.25) is 0 Å². The van der Waals surface area contributed by atoms with Crippen LogP contribution in [0.4, 0.5) is 0 Å². The highest BCUT2D eigenvalue weighted by Crippen LogP contribution is 2.12.